The third kappa shape index (κ3) is 4.72. The number of carboxylic acids is 1. The SMILES string of the molecule is CC(C)(C)OC(=O)N1C[C@@H]2CCCN2c2cc(N3CCC4(CC3)C[C@@H](CC(=O)O)c3ccc(F)cc34)ccc21. The summed E-state index contributed by atoms with van der Waals surface area (Å²) in [5, 5.41) is 9.48. The number of benzene rings is 2. The van der Waals surface area contributed by atoms with Crippen LogP contribution in [0.1, 0.15) is 76.3 Å². The van der Waals surface area contributed by atoms with Gasteiger partial charge in [-0.2, -0.15) is 0 Å². The molecule has 39 heavy (non-hydrogen) atoms. The molecule has 2 aromatic rings. The molecule has 3 heterocycles. The molecule has 1 amide bonds. The molecule has 6 rings (SSSR count). The predicted octanol–water partition coefficient (Wildman–Crippen LogP) is 6.05. The summed E-state index contributed by atoms with van der Waals surface area (Å²) < 4.78 is 20.1. The first-order valence-electron chi connectivity index (χ1n) is 14.2. The van der Waals surface area contributed by atoms with E-state index in [1.54, 1.807) is 17.0 Å². The molecule has 2 fully saturated rings. The van der Waals surface area contributed by atoms with E-state index in [-0.39, 0.29) is 29.7 Å². The molecule has 8 heteroatoms. The van der Waals surface area contributed by atoms with Crippen molar-refractivity contribution in [2.24, 2.45) is 0 Å². The van der Waals surface area contributed by atoms with E-state index in [9.17, 15) is 19.1 Å². The first-order chi connectivity index (χ1) is 18.5. The fraction of sp³-hybridized carbons (Fsp3) is 0.548. The lowest BCUT2D eigenvalue weighted by Crippen LogP contribution is -2.49. The Bertz CT molecular complexity index is 1300. The Balaban J connectivity index is 1.25. The maximum atomic E-state index is 14.3. The number of piperidine rings is 1. The number of carboxylic acid groups (broad SMARTS) is 1. The second kappa shape index (κ2) is 9.42. The van der Waals surface area contributed by atoms with Crippen LogP contribution >= 0.6 is 0 Å². The fourth-order valence-electron chi connectivity index (χ4n) is 7.40. The highest BCUT2D eigenvalue weighted by molar-refractivity contribution is 5.95. The van der Waals surface area contributed by atoms with Crippen molar-refractivity contribution >= 4 is 29.1 Å². The number of anilines is 3. The van der Waals surface area contributed by atoms with Crippen molar-refractivity contribution in [3.05, 3.63) is 53.3 Å². The predicted molar refractivity (Wildman–Crippen MR) is 150 cm³/mol. The second-order valence-corrected chi connectivity index (χ2v) is 12.8. The summed E-state index contributed by atoms with van der Waals surface area (Å²) in [7, 11) is 0. The quantitative estimate of drug-likeness (QED) is 0.516. The van der Waals surface area contributed by atoms with Gasteiger partial charge in [-0.25, -0.2) is 9.18 Å². The maximum absolute atomic E-state index is 14.3. The molecule has 2 aromatic carbocycles. The van der Waals surface area contributed by atoms with Crippen LogP contribution in [0.3, 0.4) is 0 Å². The summed E-state index contributed by atoms with van der Waals surface area (Å²) in [6.07, 6.45) is 4.42. The topological polar surface area (TPSA) is 73.3 Å². The molecule has 0 bridgehead atoms. The summed E-state index contributed by atoms with van der Waals surface area (Å²) in [5.41, 5.74) is 4.38. The Morgan fingerprint density at radius 2 is 1.85 bits per heavy atom. The van der Waals surface area contributed by atoms with Gasteiger partial charge in [0, 0.05) is 37.9 Å². The second-order valence-electron chi connectivity index (χ2n) is 12.8. The molecule has 0 radical (unpaired) electrons. The molecular weight excluding hydrogens is 497 g/mol. The Morgan fingerprint density at radius 1 is 1.08 bits per heavy atom. The van der Waals surface area contributed by atoms with Crippen molar-refractivity contribution in [1.82, 2.24) is 0 Å². The third-order valence-corrected chi connectivity index (χ3v) is 9.11. The number of ether oxygens (including phenoxy) is 1. The minimum Gasteiger partial charge on any atom is -0.481 e. The van der Waals surface area contributed by atoms with Gasteiger partial charge in [-0.1, -0.05) is 6.07 Å². The number of carbonyl (C=O) groups is 2. The molecule has 2 atom stereocenters. The van der Waals surface area contributed by atoms with Crippen LogP contribution in [0.5, 0.6) is 0 Å². The number of amides is 1. The zero-order valence-corrected chi connectivity index (χ0v) is 23.1. The van der Waals surface area contributed by atoms with Crippen LogP contribution in [0.25, 0.3) is 0 Å². The highest BCUT2D eigenvalue weighted by atomic mass is 19.1. The number of hydrogen-bond acceptors (Lipinski definition) is 5. The number of aliphatic carboxylic acids is 1. The van der Waals surface area contributed by atoms with Crippen molar-refractivity contribution in [2.45, 2.75) is 82.3 Å². The van der Waals surface area contributed by atoms with Crippen LogP contribution in [-0.2, 0) is 14.9 Å². The smallest absolute Gasteiger partial charge is 0.414 e. The molecule has 1 aliphatic carbocycles. The van der Waals surface area contributed by atoms with Gasteiger partial charge in [-0.15, -0.1) is 0 Å². The first-order valence-corrected chi connectivity index (χ1v) is 14.2. The van der Waals surface area contributed by atoms with E-state index in [0.29, 0.717) is 12.6 Å². The standard InChI is InChI=1S/C31H38FN3O4/c1-30(2,3)39-29(38)35-19-23-5-4-12-34(23)27-17-22(7-9-26(27)35)33-13-10-31(11-14-33)18-20(15-28(36)37)24-8-6-21(32)16-25(24)31/h6-9,16-17,20,23H,4-5,10-15,18-19H2,1-3H3,(H,36,37)/t20-,23+/m1/s1. The average Bonchev–Trinajstić information content (AvgIpc) is 3.45. The molecule has 7 nitrogen and oxygen atoms in total. The maximum Gasteiger partial charge on any atom is 0.414 e. The third-order valence-electron chi connectivity index (χ3n) is 9.11. The lowest BCUT2D eigenvalue weighted by Gasteiger charge is -2.43. The molecule has 0 unspecified atom stereocenters. The summed E-state index contributed by atoms with van der Waals surface area (Å²) >= 11 is 0. The highest BCUT2D eigenvalue weighted by Gasteiger charge is 2.46. The summed E-state index contributed by atoms with van der Waals surface area (Å²) in [4.78, 5) is 31.3. The first kappa shape index (κ1) is 26.0. The van der Waals surface area contributed by atoms with E-state index in [2.05, 4.69) is 28.0 Å². The van der Waals surface area contributed by atoms with Gasteiger partial charge in [-0.3, -0.25) is 9.69 Å². The van der Waals surface area contributed by atoms with Gasteiger partial charge in [-0.05, 0) is 106 Å². The van der Waals surface area contributed by atoms with Crippen molar-refractivity contribution < 1.29 is 23.8 Å². The van der Waals surface area contributed by atoms with E-state index in [4.69, 9.17) is 4.74 Å². The van der Waals surface area contributed by atoms with Crippen molar-refractivity contribution in [3.63, 3.8) is 0 Å². The van der Waals surface area contributed by atoms with Crippen molar-refractivity contribution in [2.75, 3.05) is 40.9 Å². The van der Waals surface area contributed by atoms with E-state index in [1.165, 1.54) is 6.07 Å². The Hall–Kier alpha value is -3.29. The summed E-state index contributed by atoms with van der Waals surface area (Å²) in [6.45, 7) is 8.93. The van der Waals surface area contributed by atoms with Gasteiger partial charge in [0.1, 0.15) is 11.4 Å². The molecule has 0 aromatic heterocycles. The Labute approximate surface area is 229 Å². The van der Waals surface area contributed by atoms with Crippen LogP contribution in [-0.4, -0.2) is 55.0 Å². The van der Waals surface area contributed by atoms with Crippen LogP contribution < -0.4 is 14.7 Å². The van der Waals surface area contributed by atoms with Crippen molar-refractivity contribution in [3.8, 4) is 0 Å². The molecule has 2 saturated heterocycles. The normalized spacial score (nSPS) is 23.4. The van der Waals surface area contributed by atoms with Crippen molar-refractivity contribution in [1.29, 1.82) is 0 Å². The van der Waals surface area contributed by atoms with E-state index in [1.807, 2.05) is 20.8 Å². The summed E-state index contributed by atoms with van der Waals surface area (Å²) in [6, 6.07) is 11.6. The van der Waals surface area contributed by atoms with E-state index in [0.717, 1.165) is 79.9 Å². The molecule has 208 valence electrons. The van der Waals surface area contributed by atoms with Gasteiger partial charge in [0.2, 0.25) is 0 Å². The van der Waals surface area contributed by atoms with Crippen LogP contribution in [0, 0.1) is 5.82 Å². The molecule has 4 aliphatic rings. The molecule has 1 spiro atoms. The Morgan fingerprint density at radius 3 is 2.56 bits per heavy atom. The van der Waals surface area contributed by atoms with E-state index < -0.39 is 11.6 Å². The average molecular weight is 536 g/mol. The van der Waals surface area contributed by atoms with Gasteiger partial charge in [0.05, 0.1) is 17.8 Å². The van der Waals surface area contributed by atoms with Crippen LogP contribution in [0.2, 0.25) is 0 Å². The molecule has 0 saturated carbocycles. The minimum absolute atomic E-state index is 0.0701. The number of rotatable bonds is 3. The number of halogens is 1. The minimum atomic E-state index is -0.806. The highest BCUT2D eigenvalue weighted by Crippen LogP contribution is 2.53. The number of fused-ring (bicyclic) bond motifs is 5. The zero-order chi connectivity index (χ0) is 27.5. The number of hydrogen-bond donors (Lipinski definition) is 1. The monoisotopic (exact) mass is 535 g/mol. The lowest BCUT2D eigenvalue weighted by molar-refractivity contribution is -0.137. The fourth-order valence-corrected chi connectivity index (χ4v) is 7.40. The lowest BCUT2D eigenvalue weighted by atomic mass is 9.73. The van der Waals surface area contributed by atoms with Gasteiger partial charge >= 0.3 is 12.1 Å². The molecular formula is C31H38FN3O4. The molecule has 3 aliphatic heterocycles. The zero-order valence-electron chi connectivity index (χ0n) is 23.1. The van der Waals surface area contributed by atoms with Crippen LogP contribution in [0.4, 0.5) is 26.2 Å². The largest absolute Gasteiger partial charge is 0.481 e. The van der Waals surface area contributed by atoms with Crippen LogP contribution in [0.15, 0.2) is 36.4 Å². The summed E-state index contributed by atoms with van der Waals surface area (Å²) in [5.74, 6) is -1.13. The van der Waals surface area contributed by atoms with E-state index >= 15 is 0 Å². The van der Waals surface area contributed by atoms with Gasteiger partial charge in [0.15, 0.2) is 0 Å². The number of carbonyl (C=O) groups excluding carboxylic acids is 1. The van der Waals surface area contributed by atoms with Gasteiger partial charge < -0.3 is 19.6 Å². The molecule has 1 N–H and O–H groups in total. The van der Waals surface area contributed by atoms with Gasteiger partial charge in [0.25, 0.3) is 0 Å². The Kier molecular flexibility index (Phi) is 6.27. The number of nitrogens with zero attached hydrogens (tertiary/aromatic N) is 3.